The predicted octanol–water partition coefficient (Wildman–Crippen LogP) is 1.73. The van der Waals surface area contributed by atoms with Gasteiger partial charge in [-0.05, 0) is 31.9 Å². The smallest absolute Gasteiger partial charge is 0.270 e. The minimum absolute atomic E-state index is 0.116. The Kier molecular flexibility index (Phi) is 4.43. The maximum atomic E-state index is 12.5. The third-order valence-electron chi connectivity index (χ3n) is 4.47. The molecule has 1 aliphatic heterocycles. The molecular weight excluding hydrogens is 290 g/mol. The molecule has 23 heavy (non-hydrogen) atoms. The van der Waals surface area contributed by atoms with E-state index in [2.05, 4.69) is 41.0 Å². The summed E-state index contributed by atoms with van der Waals surface area (Å²) in [6.45, 7) is 8.47. The van der Waals surface area contributed by atoms with E-state index in [0.717, 1.165) is 18.8 Å². The van der Waals surface area contributed by atoms with Gasteiger partial charge in [-0.2, -0.15) is 0 Å². The van der Waals surface area contributed by atoms with Crippen LogP contribution in [0.3, 0.4) is 0 Å². The Morgan fingerprint density at radius 3 is 2.83 bits per heavy atom. The Morgan fingerprint density at radius 1 is 1.35 bits per heavy atom. The van der Waals surface area contributed by atoms with Crippen molar-refractivity contribution < 1.29 is 4.79 Å². The van der Waals surface area contributed by atoms with Gasteiger partial charge in [0.15, 0.2) is 0 Å². The highest BCUT2D eigenvalue weighted by atomic mass is 16.2. The molecule has 0 bridgehead atoms. The number of nitrogens with one attached hydrogen (secondary N) is 1. The van der Waals surface area contributed by atoms with E-state index in [4.69, 9.17) is 0 Å². The standard InChI is InChI=1S/C17H23N5O/c1-12(2)22-9-13(3)16(10-22)20-17(23)15-8-14(4-5-19-15)21-7-6-18-11-21/h4-8,11-13,16H,9-10H2,1-3H3,(H,20,23). The van der Waals surface area contributed by atoms with Gasteiger partial charge in [0, 0.05) is 43.8 Å². The molecule has 2 unspecified atom stereocenters. The van der Waals surface area contributed by atoms with E-state index < -0.39 is 0 Å². The Hall–Kier alpha value is -2.21. The molecule has 6 heteroatoms. The number of pyridine rings is 1. The van der Waals surface area contributed by atoms with E-state index in [0.29, 0.717) is 17.7 Å². The van der Waals surface area contributed by atoms with Gasteiger partial charge in [-0.25, -0.2) is 4.98 Å². The number of aromatic nitrogens is 3. The molecule has 2 atom stereocenters. The monoisotopic (exact) mass is 313 g/mol. The van der Waals surface area contributed by atoms with Gasteiger partial charge in [-0.15, -0.1) is 0 Å². The zero-order chi connectivity index (χ0) is 16.4. The summed E-state index contributed by atoms with van der Waals surface area (Å²) in [5, 5.41) is 3.13. The van der Waals surface area contributed by atoms with Gasteiger partial charge in [-0.1, -0.05) is 6.92 Å². The zero-order valence-corrected chi connectivity index (χ0v) is 13.8. The molecule has 0 saturated carbocycles. The van der Waals surface area contributed by atoms with Crippen molar-refractivity contribution in [3.05, 3.63) is 42.7 Å². The summed E-state index contributed by atoms with van der Waals surface area (Å²) < 4.78 is 1.86. The number of carbonyl (C=O) groups excluding carboxylic acids is 1. The van der Waals surface area contributed by atoms with E-state index in [9.17, 15) is 4.79 Å². The fourth-order valence-electron chi connectivity index (χ4n) is 2.97. The highest BCUT2D eigenvalue weighted by Gasteiger charge is 2.32. The summed E-state index contributed by atoms with van der Waals surface area (Å²) in [4.78, 5) is 23.2. The highest BCUT2D eigenvalue weighted by Crippen LogP contribution is 2.19. The van der Waals surface area contributed by atoms with Crippen molar-refractivity contribution in [2.45, 2.75) is 32.9 Å². The van der Waals surface area contributed by atoms with Crippen molar-refractivity contribution >= 4 is 5.91 Å². The second kappa shape index (κ2) is 6.50. The molecule has 1 saturated heterocycles. The SMILES string of the molecule is CC1CN(C(C)C)CC1NC(=O)c1cc(-n2ccnc2)ccn1. The number of carbonyl (C=O) groups is 1. The molecule has 122 valence electrons. The summed E-state index contributed by atoms with van der Waals surface area (Å²) in [7, 11) is 0. The van der Waals surface area contributed by atoms with Crippen molar-refractivity contribution in [3.8, 4) is 5.69 Å². The second-order valence-electron chi connectivity index (χ2n) is 6.47. The predicted molar refractivity (Wildman–Crippen MR) is 88.5 cm³/mol. The van der Waals surface area contributed by atoms with E-state index >= 15 is 0 Å². The lowest BCUT2D eigenvalue weighted by atomic mass is 10.1. The molecule has 1 fully saturated rings. The molecule has 1 N–H and O–H groups in total. The number of rotatable bonds is 4. The summed E-state index contributed by atoms with van der Waals surface area (Å²) in [5.74, 6) is 0.326. The Morgan fingerprint density at radius 2 is 2.17 bits per heavy atom. The first-order chi connectivity index (χ1) is 11.0. The third-order valence-corrected chi connectivity index (χ3v) is 4.47. The minimum atomic E-state index is -0.116. The van der Waals surface area contributed by atoms with Crippen LogP contribution in [0.5, 0.6) is 0 Å². The Labute approximate surface area is 136 Å². The van der Waals surface area contributed by atoms with Crippen LogP contribution in [0.4, 0.5) is 0 Å². The average molecular weight is 313 g/mol. The normalized spacial score (nSPS) is 21.7. The molecule has 0 spiro atoms. The van der Waals surface area contributed by atoms with Crippen LogP contribution in [0.2, 0.25) is 0 Å². The van der Waals surface area contributed by atoms with E-state index in [1.54, 1.807) is 24.8 Å². The number of hydrogen-bond acceptors (Lipinski definition) is 4. The minimum Gasteiger partial charge on any atom is -0.346 e. The largest absolute Gasteiger partial charge is 0.346 e. The first-order valence-corrected chi connectivity index (χ1v) is 8.04. The van der Waals surface area contributed by atoms with Gasteiger partial charge in [0.2, 0.25) is 0 Å². The molecule has 3 heterocycles. The summed E-state index contributed by atoms with van der Waals surface area (Å²) in [5.41, 5.74) is 1.32. The quantitative estimate of drug-likeness (QED) is 0.933. The van der Waals surface area contributed by atoms with Crippen LogP contribution in [-0.4, -0.2) is 50.5 Å². The maximum absolute atomic E-state index is 12.5. The molecule has 0 radical (unpaired) electrons. The molecule has 0 aliphatic carbocycles. The van der Waals surface area contributed by atoms with Gasteiger partial charge in [0.25, 0.3) is 5.91 Å². The first-order valence-electron chi connectivity index (χ1n) is 8.04. The lowest BCUT2D eigenvalue weighted by Crippen LogP contribution is -2.40. The summed E-state index contributed by atoms with van der Waals surface area (Å²) in [6.07, 6.45) is 6.91. The number of nitrogens with zero attached hydrogens (tertiary/aromatic N) is 4. The second-order valence-corrected chi connectivity index (χ2v) is 6.47. The van der Waals surface area contributed by atoms with Gasteiger partial charge in [-0.3, -0.25) is 14.7 Å². The van der Waals surface area contributed by atoms with Crippen LogP contribution in [0.1, 0.15) is 31.3 Å². The molecule has 2 aromatic heterocycles. The molecule has 1 aliphatic rings. The molecule has 6 nitrogen and oxygen atoms in total. The number of likely N-dealkylation sites (tertiary alicyclic amines) is 1. The van der Waals surface area contributed by atoms with Crippen LogP contribution in [0.25, 0.3) is 5.69 Å². The van der Waals surface area contributed by atoms with Crippen molar-refractivity contribution in [2.75, 3.05) is 13.1 Å². The average Bonchev–Trinajstić information content (AvgIpc) is 3.18. The van der Waals surface area contributed by atoms with E-state index in [-0.39, 0.29) is 11.9 Å². The van der Waals surface area contributed by atoms with Crippen molar-refractivity contribution in [2.24, 2.45) is 5.92 Å². The fraction of sp³-hybridized carbons (Fsp3) is 0.471. The Bertz CT molecular complexity index is 667. The first kappa shape index (κ1) is 15.7. The highest BCUT2D eigenvalue weighted by molar-refractivity contribution is 5.93. The zero-order valence-electron chi connectivity index (χ0n) is 13.8. The van der Waals surface area contributed by atoms with Gasteiger partial charge in [0.1, 0.15) is 5.69 Å². The van der Waals surface area contributed by atoms with Crippen LogP contribution >= 0.6 is 0 Å². The maximum Gasteiger partial charge on any atom is 0.270 e. The summed E-state index contributed by atoms with van der Waals surface area (Å²) >= 11 is 0. The fourth-order valence-corrected chi connectivity index (χ4v) is 2.97. The number of imidazole rings is 1. The van der Waals surface area contributed by atoms with E-state index in [1.807, 2.05) is 16.8 Å². The van der Waals surface area contributed by atoms with Crippen molar-refractivity contribution in [1.29, 1.82) is 0 Å². The topological polar surface area (TPSA) is 63.1 Å². The van der Waals surface area contributed by atoms with Crippen molar-refractivity contribution in [3.63, 3.8) is 0 Å². The van der Waals surface area contributed by atoms with Crippen LogP contribution < -0.4 is 5.32 Å². The van der Waals surface area contributed by atoms with Crippen LogP contribution in [0, 0.1) is 5.92 Å². The summed E-state index contributed by atoms with van der Waals surface area (Å²) in [6, 6.07) is 4.32. The third kappa shape index (κ3) is 3.42. The Balaban J connectivity index is 1.70. The molecule has 2 aromatic rings. The van der Waals surface area contributed by atoms with E-state index in [1.165, 1.54) is 0 Å². The van der Waals surface area contributed by atoms with Gasteiger partial charge < -0.3 is 9.88 Å². The molecule has 0 aromatic carbocycles. The molecular formula is C17H23N5O. The van der Waals surface area contributed by atoms with Gasteiger partial charge in [0.05, 0.1) is 12.0 Å². The molecule has 1 amide bonds. The lowest BCUT2D eigenvalue weighted by Gasteiger charge is -2.20. The van der Waals surface area contributed by atoms with Gasteiger partial charge >= 0.3 is 0 Å². The number of amides is 1. The van der Waals surface area contributed by atoms with Crippen LogP contribution in [0.15, 0.2) is 37.1 Å². The van der Waals surface area contributed by atoms with Crippen LogP contribution in [-0.2, 0) is 0 Å². The lowest BCUT2D eigenvalue weighted by molar-refractivity contribution is 0.0925. The van der Waals surface area contributed by atoms with Crippen molar-refractivity contribution in [1.82, 2.24) is 24.8 Å². The molecule has 3 rings (SSSR count). The number of hydrogen-bond donors (Lipinski definition) is 1.